The van der Waals surface area contributed by atoms with Gasteiger partial charge >= 0.3 is 6.61 Å². The molecular formula is C19H21F2N3O5S. The van der Waals surface area contributed by atoms with E-state index in [0.29, 0.717) is 37.6 Å². The number of anilines is 1. The van der Waals surface area contributed by atoms with Crippen LogP contribution in [0.25, 0.3) is 0 Å². The molecule has 30 heavy (non-hydrogen) atoms. The van der Waals surface area contributed by atoms with Gasteiger partial charge in [0, 0.05) is 25.3 Å². The lowest BCUT2D eigenvalue weighted by Gasteiger charge is -2.30. The average molecular weight is 441 g/mol. The third-order valence-electron chi connectivity index (χ3n) is 4.49. The van der Waals surface area contributed by atoms with Crippen molar-refractivity contribution in [3.05, 3.63) is 53.6 Å². The van der Waals surface area contributed by atoms with Gasteiger partial charge in [0.05, 0.1) is 23.7 Å². The van der Waals surface area contributed by atoms with E-state index in [1.807, 2.05) is 4.90 Å². The Bertz CT molecular complexity index is 994. The van der Waals surface area contributed by atoms with Crippen LogP contribution in [0.2, 0.25) is 0 Å². The van der Waals surface area contributed by atoms with Gasteiger partial charge < -0.3 is 19.7 Å². The molecule has 11 heteroatoms. The molecule has 2 aromatic carbocycles. The first-order chi connectivity index (χ1) is 14.2. The number of ether oxygens (including phenoxy) is 2. The maximum atomic E-state index is 12.8. The molecule has 1 heterocycles. The fourth-order valence-corrected chi connectivity index (χ4v) is 3.56. The molecular weight excluding hydrogens is 420 g/mol. The molecule has 1 aliphatic heterocycles. The van der Waals surface area contributed by atoms with Crippen molar-refractivity contribution < 1.29 is 31.5 Å². The maximum absolute atomic E-state index is 12.8. The summed E-state index contributed by atoms with van der Waals surface area (Å²) in [7, 11) is -3.99. The van der Waals surface area contributed by atoms with Crippen LogP contribution in [0, 0.1) is 0 Å². The highest BCUT2D eigenvalue weighted by molar-refractivity contribution is 7.89. The van der Waals surface area contributed by atoms with E-state index >= 15 is 0 Å². The Hall–Kier alpha value is -2.76. The standard InChI is InChI=1S/C19H21F2N3O5S/c20-19(21)29-14-3-1-13(2-4-14)12-23-18(25)16-11-15(30(22,26)27)5-6-17(16)24-7-9-28-10-8-24/h1-6,11,19H,7-10,12H2,(H,23,25)(H2,22,26,27). The normalized spacial score (nSPS) is 14.6. The summed E-state index contributed by atoms with van der Waals surface area (Å²) in [4.78, 5) is 14.6. The van der Waals surface area contributed by atoms with Gasteiger partial charge in [-0.15, -0.1) is 0 Å². The van der Waals surface area contributed by atoms with Crippen LogP contribution in [0.3, 0.4) is 0 Å². The molecule has 3 N–H and O–H groups in total. The third-order valence-corrected chi connectivity index (χ3v) is 5.41. The fourth-order valence-electron chi connectivity index (χ4n) is 3.02. The minimum absolute atomic E-state index is 0.00975. The number of nitrogens with two attached hydrogens (primary N) is 1. The van der Waals surface area contributed by atoms with Gasteiger partial charge in [0.15, 0.2) is 0 Å². The number of benzene rings is 2. The van der Waals surface area contributed by atoms with E-state index in [-0.39, 0.29) is 22.8 Å². The van der Waals surface area contributed by atoms with Crippen LogP contribution in [0.15, 0.2) is 47.4 Å². The number of carbonyl (C=O) groups excluding carboxylic acids is 1. The first-order valence-corrected chi connectivity index (χ1v) is 10.6. The van der Waals surface area contributed by atoms with Crippen molar-refractivity contribution in [2.24, 2.45) is 5.14 Å². The highest BCUT2D eigenvalue weighted by Crippen LogP contribution is 2.25. The van der Waals surface area contributed by atoms with Gasteiger partial charge in [0.25, 0.3) is 5.91 Å². The summed E-state index contributed by atoms with van der Waals surface area (Å²) in [5, 5.41) is 7.92. The first kappa shape index (κ1) is 21.9. The number of primary sulfonamides is 1. The summed E-state index contributed by atoms with van der Waals surface area (Å²) in [6.45, 7) is -0.715. The zero-order chi connectivity index (χ0) is 21.7. The number of alkyl halides is 2. The molecule has 0 unspecified atom stereocenters. The van der Waals surface area contributed by atoms with Crippen LogP contribution >= 0.6 is 0 Å². The molecule has 0 spiro atoms. The number of nitrogens with zero attached hydrogens (tertiary/aromatic N) is 1. The number of rotatable bonds is 7. The summed E-state index contributed by atoms with van der Waals surface area (Å²) < 4.78 is 57.5. The Morgan fingerprint density at radius 1 is 1.17 bits per heavy atom. The van der Waals surface area contributed by atoms with E-state index in [2.05, 4.69) is 10.1 Å². The highest BCUT2D eigenvalue weighted by Gasteiger charge is 2.21. The van der Waals surface area contributed by atoms with Gasteiger partial charge in [-0.2, -0.15) is 8.78 Å². The van der Waals surface area contributed by atoms with Crippen molar-refractivity contribution in [3.63, 3.8) is 0 Å². The quantitative estimate of drug-likeness (QED) is 0.677. The lowest BCUT2D eigenvalue weighted by atomic mass is 10.1. The second-order valence-corrected chi connectivity index (χ2v) is 8.09. The topological polar surface area (TPSA) is 111 Å². The van der Waals surface area contributed by atoms with E-state index in [0.717, 1.165) is 0 Å². The van der Waals surface area contributed by atoms with Crippen molar-refractivity contribution >= 4 is 21.6 Å². The highest BCUT2D eigenvalue weighted by atomic mass is 32.2. The molecule has 2 aromatic rings. The number of nitrogens with one attached hydrogen (secondary N) is 1. The van der Waals surface area contributed by atoms with E-state index < -0.39 is 22.5 Å². The molecule has 1 amide bonds. The minimum Gasteiger partial charge on any atom is -0.435 e. The molecule has 1 fully saturated rings. The van der Waals surface area contributed by atoms with E-state index in [9.17, 15) is 22.0 Å². The number of hydrogen-bond acceptors (Lipinski definition) is 6. The predicted molar refractivity (Wildman–Crippen MR) is 105 cm³/mol. The van der Waals surface area contributed by atoms with Crippen molar-refractivity contribution in [1.82, 2.24) is 5.32 Å². The lowest BCUT2D eigenvalue weighted by Crippen LogP contribution is -2.38. The van der Waals surface area contributed by atoms with Crippen molar-refractivity contribution in [2.75, 3.05) is 31.2 Å². The van der Waals surface area contributed by atoms with Gasteiger partial charge in [0.1, 0.15) is 5.75 Å². The fraction of sp³-hybridized carbons (Fsp3) is 0.316. The molecule has 0 aliphatic carbocycles. The van der Waals surface area contributed by atoms with Crippen LogP contribution in [-0.2, 0) is 21.3 Å². The summed E-state index contributed by atoms with van der Waals surface area (Å²) in [6, 6.07) is 9.98. The van der Waals surface area contributed by atoms with Gasteiger partial charge in [-0.3, -0.25) is 4.79 Å². The number of morpholine rings is 1. The summed E-state index contributed by atoms with van der Waals surface area (Å²) in [5.74, 6) is -0.481. The Labute approximate surface area is 172 Å². The molecule has 1 aliphatic rings. The van der Waals surface area contributed by atoms with E-state index in [1.165, 1.54) is 24.3 Å². The smallest absolute Gasteiger partial charge is 0.387 e. The van der Waals surface area contributed by atoms with Crippen LogP contribution in [-0.4, -0.2) is 47.2 Å². The Morgan fingerprint density at radius 3 is 2.43 bits per heavy atom. The summed E-state index contributed by atoms with van der Waals surface area (Å²) in [5.41, 5.74) is 1.39. The van der Waals surface area contributed by atoms with E-state index in [1.54, 1.807) is 18.2 Å². The van der Waals surface area contributed by atoms with Crippen molar-refractivity contribution in [2.45, 2.75) is 18.1 Å². The van der Waals surface area contributed by atoms with Gasteiger partial charge in [-0.05, 0) is 35.9 Å². The zero-order valence-electron chi connectivity index (χ0n) is 15.9. The van der Waals surface area contributed by atoms with Crippen LogP contribution < -0.4 is 20.1 Å². The van der Waals surface area contributed by atoms with Crippen molar-refractivity contribution in [3.8, 4) is 5.75 Å². The maximum Gasteiger partial charge on any atom is 0.387 e. The van der Waals surface area contributed by atoms with Crippen LogP contribution in [0.1, 0.15) is 15.9 Å². The number of carbonyl (C=O) groups is 1. The van der Waals surface area contributed by atoms with Crippen molar-refractivity contribution in [1.29, 1.82) is 0 Å². The Balaban J connectivity index is 1.79. The molecule has 0 bridgehead atoms. The molecule has 0 aromatic heterocycles. The Morgan fingerprint density at radius 2 is 1.83 bits per heavy atom. The van der Waals surface area contributed by atoms with Gasteiger partial charge in [-0.1, -0.05) is 12.1 Å². The van der Waals surface area contributed by atoms with Crippen LogP contribution in [0.5, 0.6) is 5.75 Å². The molecule has 0 atom stereocenters. The molecule has 0 radical (unpaired) electrons. The zero-order valence-corrected chi connectivity index (χ0v) is 16.7. The average Bonchev–Trinajstić information content (AvgIpc) is 2.72. The second kappa shape index (κ2) is 9.37. The van der Waals surface area contributed by atoms with Crippen LogP contribution in [0.4, 0.5) is 14.5 Å². The molecule has 8 nitrogen and oxygen atoms in total. The largest absolute Gasteiger partial charge is 0.435 e. The summed E-state index contributed by atoms with van der Waals surface area (Å²) in [6.07, 6.45) is 0. The molecule has 3 rings (SSSR count). The number of amides is 1. The van der Waals surface area contributed by atoms with Gasteiger partial charge in [0.2, 0.25) is 10.0 Å². The van der Waals surface area contributed by atoms with E-state index in [4.69, 9.17) is 9.88 Å². The molecule has 162 valence electrons. The first-order valence-electron chi connectivity index (χ1n) is 9.05. The second-order valence-electron chi connectivity index (χ2n) is 6.53. The SMILES string of the molecule is NS(=O)(=O)c1ccc(N2CCOCC2)c(C(=O)NCc2ccc(OC(F)F)cc2)c1. The number of sulfonamides is 1. The minimum atomic E-state index is -3.99. The monoisotopic (exact) mass is 441 g/mol. The number of hydrogen-bond donors (Lipinski definition) is 2. The molecule has 1 saturated heterocycles. The number of halogens is 2. The molecule has 0 saturated carbocycles. The van der Waals surface area contributed by atoms with Gasteiger partial charge in [-0.25, -0.2) is 13.6 Å². The lowest BCUT2D eigenvalue weighted by molar-refractivity contribution is -0.0498. The Kier molecular flexibility index (Phi) is 6.85. The summed E-state index contributed by atoms with van der Waals surface area (Å²) >= 11 is 0. The third kappa shape index (κ3) is 5.65. The predicted octanol–water partition coefficient (Wildman–Crippen LogP) is 1.70.